The summed E-state index contributed by atoms with van der Waals surface area (Å²) >= 11 is 5.69. The number of hydrogen-bond acceptors (Lipinski definition) is 4. The Labute approximate surface area is 115 Å². The van der Waals surface area contributed by atoms with Gasteiger partial charge >= 0.3 is 0 Å². The minimum atomic E-state index is -0.547. The summed E-state index contributed by atoms with van der Waals surface area (Å²) in [6, 6.07) is 14.9. The molecule has 2 aromatic rings. The van der Waals surface area contributed by atoms with Crippen LogP contribution in [0, 0.1) is 22.7 Å². The molecule has 0 spiro atoms. The van der Waals surface area contributed by atoms with Crippen LogP contribution in [0.3, 0.4) is 0 Å². The Kier molecular flexibility index (Phi) is 4.07. The lowest BCUT2D eigenvalue weighted by Crippen LogP contribution is -2.05. The van der Waals surface area contributed by atoms with E-state index in [0.29, 0.717) is 5.69 Å². The highest BCUT2D eigenvalue weighted by Gasteiger charge is 2.18. The van der Waals surface area contributed by atoms with Crippen LogP contribution in [0.5, 0.6) is 0 Å². The van der Waals surface area contributed by atoms with Gasteiger partial charge in [-0.1, -0.05) is 35.9 Å². The summed E-state index contributed by atoms with van der Waals surface area (Å²) in [5.41, 5.74) is 2.13. The average molecular weight is 269 g/mol. The van der Waals surface area contributed by atoms with Crippen LogP contribution in [0.25, 0.3) is 0 Å². The van der Waals surface area contributed by atoms with Gasteiger partial charge < -0.3 is 0 Å². The lowest BCUT2D eigenvalue weighted by Gasteiger charge is -2.11. The predicted molar refractivity (Wildman–Crippen MR) is 70.3 cm³/mol. The molecule has 1 heterocycles. The molecule has 0 aliphatic heterocycles. The zero-order valence-electron chi connectivity index (χ0n) is 9.92. The Balaban J connectivity index is 2.46. The minimum absolute atomic E-state index is 0.259. The smallest absolute Gasteiger partial charge is 0.151 e. The number of rotatable bonds is 3. The van der Waals surface area contributed by atoms with Gasteiger partial charge in [0.1, 0.15) is 5.92 Å². The standard InChI is InChI=1S/C14H9ClN4/c15-14-6-5-13(18-19-14)12(9-17)11-4-2-1-3-10(11)7-8-16/h1-6,12H,7H2. The quantitative estimate of drug-likeness (QED) is 0.858. The van der Waals surface area contributed by atoms with Crippen LogP contribution in [0.2, 0.25) is 5.15 Å². The summed E-state index contributed by atoms with van der Waals surface area (Å²) in [7, 11) is 0. The highest BCUT2D eigenvalue weighted by molar-refractivity contribution is 6.29. The van der Waals surface area contributed by atoms with Gasteiger partial charge in [-0.05, 0) is 23.3 Å². The predicted octanol–water partition coefficient (Wildman–Crippen LogP) is 2.85. The van der Waals surface area contributed by atoms with E-state index in [2.05, 4.69) is 22.3 Å². The van der Waals surface area contributed by atoms with Crippen LogP contribution in [0.4, 0.5) is 0 Å². The van der Waals surface area contributed by atoms with E-state index in [9.17, 15) is 5.26 Å². The van der Waals surface area contributed by atoms with Gasteiger partial charge in [-0.25, -0.2) is 0 Å². The summed E-state index contributed by atoms with van der Waals surface area (Å²) < 4.78 is 0. The van der Waals surface area contributed by atoms with E-state index in [-0.39, 0.29) is 11.6 Å². The summed E-state index contributed by atoms with van der Waals surface area (Å²) in [4.78, 5) is 0. The van der Waals surface area contributed by atoms with Gasteiger partial charge in [0.05, 0.1) is 24.3 Å². The third-order valence-electron chi connectivity index (χ3n) is 2.71. The number of aromatic nitrogens is 2. The third kappa shape index (κ3) is 2.88. The fourth-order valence-electron chi connectivity index (χ4n) is 1.84. The van der Waals surface area contributed by atoms with E-state index in [1.807, 2.05) is 24.3 Å². The molecule has 2 rings (SSSR count). The van der Waals surface area contributed by atoms with E-state index < -0.39 is 5.92 Å². The lowest BCUT2D eigenvalue weighted by atomic mass is 9.91. The van der Waals surface area contributed by atoms with Gasteiger partial charge in [0, 0.05) is 0 Å². The first-order valence-electron chi connectivity index (χ1n) is 5.59. The van der Waals surface area contributed by atoms with Crippen molar-refractivity contribution in [2.24, 2.45) is 0 Å². The second-order valence-electron chi connectivity index (χ2n) is 3.88. The molecule has 0 aliphatic rings. The molecule has 0 saturated heterocycles. The fraction of sp³-hybridized carbons (Fsp3) is 0.143. The molecule has 0 fully saturated rings. The topological polar surface area (TPSA) is 73.4 Å². The number of halogens is 1. The lowest BCUT2D eigenvalue weighted by molar-refractivity contribution is 0.876. The second-order valence-corrected chi connectivity index (χ2v) is 4.26. The van der Waals surface area contributed by atoms with E-state index in [0.717, 1.165) is 11.1 Å². The molecule has 1 aromatic carbocycles. The van der Waals surface area contributed by atoms with Crippen molar-refractivity contribution in [1.82, 2.24) is 10.2 Å². The SMILES string of the molecule is N#CCc1ccccc1C(C#N)c1ccc(Cl)nn1. The highest BCUT2D eigenvalue weighted by Crippen LogP contribution is 2.25. The van der Waals surface area contributed by atoms with Crippen molar-refractivity contribution >= 4 is 11.6 Å². The van der Waals surface area contributed by atoms with E-state index in [1.165, 1.54) is 0 Å². The van der Waals surface area contributed by atoms with Crippen LogP contribution >= 0.6 is 11.6 Å². The molecule has 4 nitrogen and oxygen atoms in total. The van der Waals surface area contributed by atoms with Crippen molar-refractivity contribution in [3.63, 3.8) is 0 Å². The van der Waals surface area contributed by atoms with Gasteiger partial charge in [-0.15, -0.1) is 5.10 Å². The maximum atomic E-state index is 9.36. The molecule has 19 heavy (non-hydrogen) atoms. The second kappa shape index (κ2) is 5.95. The number of hydrogen-bond donors (Lipinski definition) is 0. The van der Waals surface area contributed by atoms with Gasteiger partial charge in [0.2, 0.25) is 0 Å². The number of benzene rings is 1. The molecular weight excluding hydrogens is 260 g/mol. The Bertz CT molecular complexity index is 652. The van der Waals surface area contributed by atoms with Gasteiger partial charge in [0.25, 0.3) is 0 Å². The number of nitrogens with zero attached hydrogens (tertiary/aromatic N) is 4. The molecule has 0 N–H and O–H groups in total. The maximum Gasteiger partial charge on any atom is 0.151 e. The zero-order chi connectivity index (χ0) is 13.7. The zero-order valence-corrected chi connectivity index (χ0v) is 10.7. The molecule has 92 valence electrons. The molecule has 0 bridgehead atoms. The van der Waals surface area contributed by atoms with Crippen molar-refractivity contribution in [3.8, 4) is 12.1 Å². The van der Waals surface area contributed by atoms with Crippen LogP contribution in [0.1, 0.15) is 22.7 Å². The van der Waals surface area contributed by atoms with E-state index in [4.69, 9.17) is 16.9 Å². The molecule has 1 aromatic heterocycles. The first-order chi connectivity index (χ1) is 9.26. The molecule has 5 heteroatoms. The Morgan fingerprint density at radius 2 is 1.89 bits per heavy atom. The largest absolute Gasteiger partial charge is 0.198 e. The van der Waals surface area contributed by atoms with E-state index >= 15 is 0 Å². The monoisotopic (exact) mass is 268 g/mol. The molecule has 0 amide bonds. The average Bonchev–Trinajstić information content (AvgIpc) is 2.44. The summed E-state index contributed by atoms with van der Waals surface area (Å²) in [5.74, 6) is -0.547. The molecule has 0 saturated carbocycles. The first kappa shape index (κ1) is 13.0. The molecule has 1 atom stereocenters. The van der Waals surface area contributed by atoms with Crippen LogP contribution in [0.15, 0.2) is 36.4 Å². The van der Waals surface area contributed by atoms with Crippen molar-refractivity contribution in [1.29, 1.82) is 10.5 Å². The normalized spacial score (nSPS) is 11.3. The molecule has 1 unspecified atom stereocenters. The van der Waals surface area contributed by atoms with Crippen LogP contribution in [-0.4, -0.2) is 10.2 Å². The van der Waals surface area contributed by atoms with Gasteiger partial charge in [0.15, 0.2) is 5.15 Å². The first-order valence-corrected chi connectivity index (χ1v) is 5.97. The molecular formula is C14H9ClN4. The summed E-state index contributed by atoms with van der Waals surface area (Å²) in [6.07, 6.45) is 0.259. The van der Waals surface area contributed by atoms with Gasteiger partial charge in [-0.3, -0.25) is 0 Å². The maximum absolute atomic E-state index is 9.36. The fourth-order valence-corrected chi connectivity index (χ4v) is 1.94. The minimum Gasteiger partial charge on any atom is -0.198 e. The van der Waals surface area contributed by atoms with E-state index in [1.54, 1.807) is 12.1 Å². The summed E-state index contributed by atoms with van der Waals surface area (Å²) in [5, 5.41) is 26.2. The van der Waals surface area contributed by atoms with Crippen LogP contribution < -0.4 is 0 Å². The van der Waals surface area contributed by atoms with Gasteiger partial charge in [-0.2, -0.15) is 15.6 Å². The summed E-state index contributed by atoms with van der Waals surface area (Å²) in [6.45, 7) is 0. The van der Waals surface area contributed by atoms with Crippen molar-refractivity contribution in [2.45, 2.75) is 12.3 Å². The van der Waals surface area contributed by atoms with Crippen molar-refractivity contribution < 1.29 is 0 Å². The third-order valence-corrected chi connectivity index (χ3v) is 2.91. The Morgan fingerprint density at radius 3 is 2.53 bits per heavy atom. The van der Waals surface area contributed by atoms with Crippen molar-refractivity contribution in [3.05, 3.63) is 58.4 Å². The van der Waals surface area contributed by atoms with Crippen LogP contribution in [-0.2, 0) is 6.42 Å². The highest BCUT2D eigenvalue weighted by atomic mass is 35.5. The Hall–Kier alpha value is -2.43. The molecule has 0 aliphatic carbocycles. The Morgan fingerprint density at radius 1 is 1.11 bits per heavy atom. The molecule has 0 radical (unpaired) electrons. The number of nitriles is 2. The van der Waals surface area contributed by atoms with Crippen molar-refractivity contribution in [2.75, 3.05) is 0 Å².